The average Bonchev–Trinajstić information content (AvgIpc) is 2.86. The minimum atomic E-state index is -1.28. The number of nitrogens with zero attached hydrogens (tertiary/aromatic N) is 1. The molecule has 1 atom stereocenters. The van der Waals surface area contributed by atoms with Crippen molar-refractivity contribution in [3.63, 3.8) is 0 Å². The Morgan fingerprint density at radius 2 is 1.97 bits per heavy atom. The Bertz CT molecular complexity index is 1050. The van der Waals surface area contributed by atoms with Gasteiger partial charge in [0.05, 0.1) is 23.9 Å². The predicted molar refractivity (Wildman–Crippen MR) is 114 cm³/mol. The Morgan fingerprint density at radius 3 is 2.58 bits per heavy atom. The van der Waals surface area contributed by atoms with E-state index in [1.165, 1.54) is 19.2 Å². The van der Waals surface area contributed by atoms with E-state index >= 15 is 0 Å². The van der Waals surface area contributed by atoms with Gasteiger partial charge in [0.25, 0.3) is 0 Å². The third-order valence-corrected chi connectivity index (χ3v) is 5.33. The Hall–Kier alpha value is -3.13. The molecule has 1 aromatic heterocycles. The number of carbonyl (C=O) groups excluding carboxylic acids is 1. The van der Waals surface area contributed by atoms with Crippen LogP contribution in [0, 0.1) is 5.92 Å². The lowest BCUT2D eigenvalue weighted by Crippen LogP contribution is -2.25. The SMILES string of the molecule is COCCCOc1cc2c(cc1C(C)=O)-c1cc(=O)c(C(=O)O)cn1[C@H](C(C)C)CO2. The molecule has 8 heteroatoms. The van der Waals surface area contributed by atoms with Crippen LogP contribution >= 0.6 is 0 Å². The topological polar surface area (TPSA) is 104 Å². The minimum absolute atomic E-state index is 0.106. The van der Waals surface area contributed by atoms with Crippen LogP contribution in [0.5, 0.6) is 11.5 Å². The first-order valence-corrected chi connectivity index (χ1v) is 10.2. The quantitative estimate of drug-likeness (QED) is 0.506. The second-order valence-corrected chi connectivity index (χ2v) is 7.87. The van der Waals surface area contributed by atoms with Gasteiger partial charge in [-0.2, -0.15) is 0 Å². The second kappa shape index (κ2) is 9.34. The monoisotopic (exact) mass is 429 g/mol. The van der Waals surface area contributed by atoms with Gasteiger partial charge < -0.3 is 23.9 Å². The molecule has 1 aliphatic heterocycles. The molecule has 1 aliphatic rings. The van der Waals surface area contributed by atoms with E-state index in [2.05, 4.69) is 0 Å². The number of carboxylic acids is 1. The molecule has 0 radical (unpaired) electrons. The fourth-order valence-corrected chi connectivity index (χ4v) is 3.63. The lowest BCUT2D eigenvalue weighted by molar-refractivity contribution is 0.0693. The molecule has 1 aromatic carbocycles. The number of ether oxygens (including phenoxy) is 3. The molecule has 1 N–H and O–H groups in total. The summed E-state index contributed by atoms with van der Waals surface area (Å²) in [5.74, 6) is -0.482. The van der Waals surface area contributed by atoms with E-state index < -0.39 is 11.4 Å². The van der Waals surface area contributed by atoms with Crippen molar-refractivity contribution in [2.45, 2.75) is 33.2 Å². The van der Waals surface area contributed by atoms with Crippen LogP contribution in [0.25, 0.3) is 11.3 Å². The number of carboxylic acid groups (broad SMARTS) is 1. The zero-order valence-corrected chi connectivity index (χ0v) is 18.1. The Morgan fingerprint density at radius 1 is 1.23 bits per heavy atom. The maximum Gasteiger partial charge on any atom is 0.341 e. The number of fused-ring (bicyclic) bond motifs is 3. The zero-order valence-electron chi connectivity index (χ0n) is 18.1. The highest BCUT2D eigenvalue weighted by Gasteiger charge is 2.28. The van der Waals surface area contributed by atoms with Crippen molar-refractivity contribution in [1.82, 2.24) is 4.57 Å². The summed E-state index contributed by atoms with van der Waals surface area (Å²) in [6.07, 6.45) is 2.03. The van der Waals surface area contributed by atoms with E-state index in [0.29, 0.717) is 48.0 Å². The molecule has 0 spiro atoms. The third kappa shape index (κ3) is 4.64. The number of aromatic nitrogens is 1. The number of hydrogen-bond acceptors (Lipinski definition) is 6. The van der Waals surface area contributed by atoms with Crippen LogP contribution in [0.1, 0.15) is 53.9 Å². The molecule has 0 fully saturated rings. The molecule has 3 rings (SSSR count). The number of rotatable bonds is 8. The molecule has 0 saturated heterocycles. The summed E-state index contributed by atoms with van der Waals surface area (Å²) in [5, 5.41) is 9.42. The highest BCUT2D eigenvalue weighted by molar-refractivity contribution is 5.99. The van der Waals surface area contributed by atoms with Crippen LogP contribution in [-0.2, 0) is 4.74 Å². The molecule has 166 valence electrons. The van der Waals surface area contributed by atoms with Gasteiger partial charge in [0.15, 0.2) is 11.2 Å². The number of benzene rings is 1. The van der Waals surface area contributed by atoms with Gasteiger partial charge in [0.1, 0.15) is 23.7 Å². The van der Waals surface area contributed by atoms with Crippen LogP contribution < -0.4 is 14.9 Å². The van der Waals surface area contributed by atoms with Gasteiger partial charge in [-0.3, -0.25) is 9.59 Å². The molecule has 2 aromatic rings. The first kappa shape index (κ1) is 22.6. The summed E-state index contributed by atoms with van der Waals surface area (Å²) in [6, 6.07) is 4.42. The lowest BCUT2D eigenvalue weighted by Gasteiger charge is -2.24. The van der Waals surface area contributed by atoms with Crippen molar-refractivity contribution in [1.29, 1.82) is 0 Å². The maximum atomic E-state index is 12.5. The number of ketones is 1. The van der Waals surface area contributed by atoms with Crippen LogP contribution in [-0.4, -0.2) is 48.4 Å². The van der Waals surface area contributed by atoms with Gasteiger partial charge >= 0.3 is 5.97 Å². The van der Waals surface area contributed by atoms with Crippen molar-refractivity contribution < 1.29 is 28.9 Å². The molecular weight excluding hydrogens is 402 g/mol. The minimum Gasteiger partial charge on any atom is -0.493 e. The fourth-order valence-electron chi connectivity index (χ4n) is 3.63. The van der Waals surface area contributed by atoms with Crippen molar-refractivity contribution in [3.8, 4) is 22.8 Å². The van der Waals surface area contributed by atoms with E-state index in [1.807, 2.05) is 13.8 Å². The maximum absolute atomic E-state index is 12.5. The third-order valence-electron chi connectivity index (χ3n) is 5.33. The normalized spacial score (nSPS) is 14.9. The second-order valence-electron chi connectivity index (χ2n) is 7.87. The van der Waals surface area contributed by atoms with Gasteiger partial charge in [-0.15, -0.1) is 0 Å². The number of hydrogen-bond donors (Lipinski definition) is 1. The van der Waals surface area contributed by atoms with E-state index in [0.717, 1.165) is 0 Å². The Labute approximate surface area is 180 Å². The lowest BCUT2D eigenvalue weighted by atomic mass is 10.00. The molecule has 0 unspecified atom stereocenters. The highest BCUT2D eigenvalue weighted by Crippen LogP contribution is 2.40. The molecular formula is C23H27NO7. The molecule has 0 aliphatic carbocycles. The van der Waals surface area contributed by atoms with Crippen molar-refractivity contribution in [2.24, 2.45) is 5.92 Å². The van der Waals surface area contributed by atoms with Gasteiger partial charge in [0.2, 0.25) is 0 Å². The van der Waals surface area contributed by atoms with Crippen molar-refractivity contribution >= 4 is 11.8 Å². The summed E-state index contributed by atoms with van der Waals surface area (Å²) in [7, 11) is 1.61. The average molecular weight is 429 g/mol. The Balaban J connectivity index is 2.18. The van der Waals surface area contributed by atoms with Crippen LogP contribution in [0.4, 0.5) is 0 Å². The van der Waals surface area contributed by atoms with Crippen LogP contribution in [0.2, 0.25) is 0 Å². The summed E-state index contributed by atoms with van der Waals surface area (Å²) < 4.78 is 18.7. The first-order chi connectivity index (χ1) is 14.7. The largest absolute Gasteiger partial charge is 0.493 e. The van der Waals surface area contributed by atoms with Crippen molar-refractivity contribution in [3.05, 3.63) is 45.7 Å². The molecule has 2 heterocycles. The number of methoxy groups -OCH3 is 1. The van der Waals surface area contributed by atoms with E-state index in [4.69, 9.17) is 14.2 Å². The van der Waals surface area contributed by atoms with Gasteiger partial charge in [0, 0.05) is 44.0 Å². The molecule has 0 bridgehead atoms. The zero-order chi connectivity index (χ0) is 22.7. The summed E-state index contributed by atoms with van der Waals surface area (Å²) in [5.41, 5.74) is 0.520. The molecule has 0 saturated carbocycles. The molecule has 0 amide bonds. The number of aromatic carboxylic acids is 1. The summed E-state index contributed by atoms with van der Waals surface area (Å²) >= 11 is 0. The molecule has 31 heavy (non-hydrogen) atoms. The number of pyridine rings is 1. The van der Waals surface area contributed by atoms with Crippen LogP contribution in [0.3, 0.4) is 0 Å². The number of Topliss-reactive ketones (excluding diaryl/α,β-unsaturated/α-hetero) is 1. The van der Waals surface area contributed by atoms with Gasteiger partial charge in [-0.05, 0) is 18.9 Å². The smallest absolute Gasteiger partial charge is 0.341 e. The standard InChI is InChI=1S/C23H27NO7/c1-13(2)19-12-31-22-10-21(30-7-5-6-29-4)15(14(3)25)8-16(22)18-9-20(26)17(23(27)28)11-24(18)19/h8-11,13,19H,5-7,12H2,1-4H3,(H,27,28)/t19-/m0/s1. The summed E-state index contributed by atoms with van der Waals surface area (Å²) in [6.45, 7) is 6.63. The van der Waals surface area contributed by atoms with Crippen LogP contribution in [0.15, 0.2) is 29.2 Å². The Kier molecular flexibility index (Phi) is 6.80. The summed E-state index contributed by atoms with van der Waals surface area (Å²) in [4.78, 5) is 36.3. The van der Waals surface area contributed by atoms with E-state index in [9.17, 15) is 19.5 Å². The highest BCUT2D eigenvalue weighted by atomic mass is 16.5. The fraction of sp³-hybridized carbons (Fsp3) is 0.435. The van der Waals surface area contributed by atoms with Gasteiger partial charge in [-0.1, -0.05) is 13.8 Å². The van der Waals surface area contributed by atoms with E-state index in [-0.39, 0.29) is 29.9 Å². The first-order valence-electron chi connectivity index (χ1n) is 10.2. The number of carbonyl (C=O) groups is 2. The predicted octanol–water partition coefficient (Wildman–Crippen LogP) is 3.42. The molecule has 8 nitrogen and oxygen atoms in total. The van der Waals surface area contributed by atoms with Gasteiger partial charge in [-0.25, -0.2) is 4.79 Å². The van der Waals surface area contributed by atoms with E-state index in [1.54, 1.807) is 23.8 Å². The van der Waals surface area contributed by atoms with Crippen molar-refractivity contribution in [2.75, 3.05) is 26.9 Å².